The fourth-order valence-electron chi connectivity index (χ4n) is 0.792. The minimum absolute atomic E-state index is 0.763. The average molecular weight is 170 g/mol. The maximum Gasteiger partial charge on any atom is -0.0149 e. The van der Waals surface area contributed by atoms with E-state index in [4.69, 9.17) is 0 Å². The standard InChI is InChI=1S/C10H18S/c1-5-7-11-10(6-2)8-9(3)4/h5-7,9H,8H2,1-4H3/b7-5-,10-6-. The number of hydrogen-bond acceptors (Lipinski definition) is 1. The maximum atomic E-state index is 2.25. The molecule has 0 unspecified atom stereocenters. The molecule has 0 heterocycles. The van der Waals surface area contributed by atoms with Gasteiger partial charge in [0, 0.05) is 0 Å². The quantitative estimate of drug-likeness (QED) is 0.609. The van der Waals surface area contributed by atoms with Gasteiger partial charge in [0.25, 0.3) is 0 Å². The molecule has 0 nitrogen and oxygen atoms in total. The smallest absolute Gasteiger partial charge is 0.0149 e. The molecule has 0 spiro atoms. The summed E-state index contributed by atoms with van der Waals surface area (Å²) >= 11 is 1.83. The van der Waals surface area contributed by atoms with Crippen molar-refractivity contribution < 1.29 is 0 Å². The van der Waals surface area contributed by atoms with Gasteiger partial charge in [-0.1, -0.05) is 26.0 Å². The lowest BCUT2D eigenvalue weighted by atomic mass is 10.1. The van der Waals surface area contributed by atoms with Gasteiger partial charge in [-0.15, -0.1) is 11.8 Å². The highest BCUT2D eigenvalue weighted by Gasteiger charge is 1.97. The first-order valence-electron chi connectivity index (χ1n) is 4.13. The average Bonchev–Trinajstić information content (AvgIpc) is 1.97. The SMILES string of the molecule is C/C=C\S/C(=C\C)CC(C)C. The van der Waals surface area contributed by atoms with Gasteiger partial charge in [0.2, 0.25) is 0 Å². The molecule has 0 aromatic rings. The molecular formula is C10H18S. The fraction of sp³-hybridized carbons (Fsp3) is 0.600. The normalized spacial score (nSPS) is 13.4. The Kier molecular flexibility index (Phi) is 6.43. The first-order valence-corrected chi connectivity index (χ1v) is 5.01. The zero-order valence-electron chi connectivity index (χ0n) is 7.92. The van der Waals surface area contributed by atoms with E-state index < -0.39 is 0 Å². The van der Waals surface area contributed by atoms with Crippen molar-refractivity contribution in [2.75, 3.05) is 0 Å². The van der Waals surface area contributed by atoms with Crippen molar-refractivity contribution in [3.05, 3.63) is 22.5 Å². The molecule has 0 atom stereocenters. The molecule has 0 aliphatic rings. The van der Waals surface area contributed by atoms with Gasteiger partial charge in [-0.05, 0) is 36.5 Å². The van der Waals surface area contributed by atoms with Crippen LogP contribution < -0.4 is 0 Å². The fourth-order valence-corrected chi connectivity index (χ4v) is 1.67. The zero-order valence-corrected chi connectivity index (χ0v) is 8.74. The van der Waals surface area contributed by atoms with E-state index in [-0.39, 0.29) is 0 Å². The van der Waals surface area contributed by atoms with Crippen LogP contribution in [0.25, 0.3) is 0 Å². The van der Waals surface area contributed by atoms with E-state index in [0.717, 1.165) is 5.92 Å². The summed E-state index contributed by atoms with van der Waals surface area (Å²) in [5.41, 5.74) is 0. The Morgan fingerprint density at radius 1 is 1.36 bits per heavy atom. The first kappa shape index (κ1) is 10.8. The van der Waals surface area contributed by atoms with Crippen molar-refractivity contribution in [2.24, 2.45) is 5.92 Å². The molecule has 0 aromatic carbocycles. The zero-order chi connectivity index (χ0) is 8.69. The summed E-state index contributed by atoms with van der Waals surface area (Å²) in [6.45, 7) is 8.66. The van der Waals surface area contributed by atoms with E-state index in [1.165, 1.54) is 11.3 Å². The third-order valence-electron chi connectivity index (χ3n) is 1.29. The highest BCUT2D eigenvalue weighted by Crippen LogP contribution is 2.23. The maximum absolute atomic E-state index is 2.25. The summed E-state index contributed by atoms with van der Waals surface area (Å²) in [7, 11) is 0. The van der Waals surface area contributed by atoms with Gasteiger partial charge in [-0.3, -0.25) is 0 Å². The minimum Gasteiger partial charge on any atom is -0.103 e. The van der Waals surface area contributed by atoms with Crippen LogP contribution in [0.1, 0.15) is 34.1 Å². The lowest BCUT2D eigenvalue weighted by molar-refractivity contribution is 0.658. The van der Waals surface area contributed by atoms with Gasteiger partial charge >= 0.3 is 0 Å². The summed E-state index contributed by atoms with van der Waals surface area (Å²) < 4.78 is 0. The Labute approximate surface area is 74.8 Å². The lowest BCUT2D eigenvalue weighted by Gasteiger charge is -2.05. The molecule has 0 aliphatic heterocycles. The van der Waals surface area contributed by atoms with Gasteiger partial charge in [0.15, 0.2) is 0 Å². The van der Waals surface area contributed by atoms with Crippen LogP contribution in [0.4, 0.5) is 0 Å². The summed E-state index contributed by atoms with van der Waals surface area (Å²) in [5.74, 6) is 0.763. The largest absolute Gasteiger partial charge is 0.103 e. The van der Waals surface area contributed by atoms with Crippen LogP contribution in [0.3, 0.4) is 0 Å². The third kappa shape index (κ3) is 6.24. The van der Waals surface area contributed by atoms with Crippen molar-refractivity contribution >= 4 is 11.8 Å². The molecule has 0 aliphatic carbocycles. The number of allylic oxidation sites excluding steroid dienone is 3. The van der Waals surface area contributed by atoms with Gasteiger partial charge in [0.1, 0.15) is 0 Å². The molecule has 0 radical (unpaired) electrons. The van der Waals surface area contributed by atoms with E-state index in [1.807, 2.05) is 11.8 Å². The molecule has 0 bridgehead atoms. The molecule has 1 heteroatoms. The lowest BCUT2D eigenvalue weighted by Crippen LogP contribution is -1.86. The summed E-state index contributed by atoms with van der Waals surface area (Å²) in [5, 5.41) is 2.14. The molecule has 0 saturated heterocycles. The third-order valence-corrected chi connectivity index (χ3v) is 2.40. The van der Waals surface area contributed by atoms with E-state index in [1.54, 1.807) is 0 Å². The monoisotopic (exact) mass is 170 g/mol. The second-order valence-corrected chi connectivity index (χ2v) is 3.97. The van der Waals surface area contributed by atoms with Crippen molar-refractivity contribution in [2.45, 2.75) is 34.1 Å². The van der Waals surface area contributed by atoms with Crippen LogP contribution in [-0.2, 0) is 0 Å². The predicted octanol–water partition coefficient (Wildman–Crippen LogP) is 4.20. The van der Waals surface area contributed by atoms with Crippen molar-refractivity contribution in [3.8, 4) is 0 Å². The molecule has 11 heavy (non-hydrogen) atoms. The van der Waals surface area contributed by atoms with Gasteiger partial charge in [-0.2, -0.15) is 0 Å². The Hall–Kier alpha value is -0.170. The molecule has 0 N–H and O–H groups in total. The summed E-state index contributed by atoms with van der Waals surface area (Å²) in [6.07, 6.45) is 5.48. The topological polar surface area (TPSA) is 0 Å². The van der Waals surface area contributed by atoms with Crippen LogP contribution >= 0.6 is 11.8 Å². The Morgan fingerprint density at radius 2 is 2.00 bits per heavy atom. The molecule has 0 fully saturated rings. The Bertz CT molecular complexity index is 143. The van der Waals surface area contributed by atoms with Crippen LogP contribution in [0.15, 0.2) is 22.5 Å². The van der Waals surface area contributed by atoms with Crippen LogP contribution in [0.5, 0.6) is 0 Å². The predicted molar refractivity (Wildman–Crippen MR) is 55.6 cm³/mol. The Morgan fingerprint density at radius 3 is 2.36 bits per heavy atom. The van der Waals surface area contributed by atoms with E-state index >= 15 is 0 Å². The number of thioether (sulfide) groups is 1. The van der Waals surface area contributed by atoms with Gasteiger partial charge in [0.05, 0.1) is 0 Å². The molecule has 0 saturated carbocycles. The second kappa shape index (κ2) is 6.53. The van der Waals surface area contributed by atoms with Gasteiger partial charge < -0.3 is 0 Å². The first-order chi connectivity index (χ1) is 5.20. The molecule has 64 valence electrons. The second-order valence-electron chi connectivity index (χ2n) is 2.94. The molecule has 0 amide bonds. The number of hydrogen-bond donors (Lipinski definition) is 0. The Balaban J connectivity index is 3.78. The van der Waals surface area contributed by atoms with E-state index in [9.17, 15) is 0 Å². The minimum atomic E-state index is 0.763. The summed E-state index contributed by atoms with van der Waals surface area (Å²) in [6, 6.07) is 0. The van der Waals surface area contributed by atoms with Crippen LogP contribution in [-0.4, -0.2) is 0 Å². The summed E-state index contributed by atoms with van der Waals surface area (Å²) in [4.78, 5) is 1.47. The van der Waals surface area contributed by atoms with Crippen LogP contribution in [0.2, 0.25) is 0 Å². The molecule has 0 aromatic heterocycles. The van der Waals surface area contributed by atoms with Gasteiger partial charge in [-0.25, -0.2) is 0 Å². The van der Waals surface area contributed by atoms with Crippen molar-refractivity contribution in [1.29, 1.82) is 0 Å². The van der Waals surface area contributed by atoms with Crippen molar-refractivity contribution in [1.82, 2.24) is 0 Å². The van der Waals surface area contributed by atoms with Crippen LogP contribution in [0, 0.1) is 5.92 Å². The molecular weight excluding hydrogens is 152 g/mol. The van der Waals surface area contributed by atoms with Crippen molar-refractivity contribution in [3.63, 3.8) is 0 Å². The molecule has 0 rings (SSSR count). The highest BCUT2D eigenvalue weighted by molar-refractivity contribution is 8.05. The van der Waals surface area contributed by atoms with E-state index in [2.05, 4.69) is 45.3 Å². The highest BCUT2D eigenvalue weighted by atomic mass is 32.2. The number of rotatable bonds is 4. The van der Waals surface area contributed by atoms with E-state index in [0.29, 0.717) is 0 Å².